The van der Waals surface area contributed by atoms with E-state index >= 15 is 0 Å². The van der Waals surface area contributed by atoms with E-state index in [2.05, 4.69) is 109 Å². The zero-order chi connectivity index (χ0) is 60.9. The summed E-state index contributed by atoms with van der Waals surface area (Å²) >= 11 is 0. The van der Waals surface area contributed by atoms with Crippen LogP contribution in [0.5, 0.6) is 0 Å². The number of nitrogens with one attached hydrogen (secondary N) is 6. The molecule has 0 bridgehead atoms. The van der Waals surface area contributed by atoms with Crippen LogP contribution in [0.3, 0.4) is 0 Å². The Hall–Kier alpha value is -6.72. The largest absolute Gasteiger partial charge is 0.468 e. The van der Waals surface area contributed by atoms with Crippen molar-refractivity contribution in [3.63, 3.8) is 0 Å². The Balaban J connectivity index is 0.000000325. The first-order chi connectivity index (χ1) is 36.5. The molecule has 6 aliphatic heterocycles. The van der Waals surface area contributed by atoms with Gasteiger partial charge >= 0.3 is 0 Å². The molecule has 0 aliphatic carbocycles. The molecule has 0 spiro atoms. The van der Waals surface area contributed by atoms with Crippen molar-refractivity contribution in [1.29, 1.82) is 32.5 Å². The third-order valence-corrected chi connectivity index (χ3v) is 13.2. The summed E-state index contributed by atoms with van der Waals surface area (Å²) in [6.07, 6.45) is 0.267. The molecule has 6 aliphatic rings. The number of ether oxygens (including phenoxy) is 6. The molecule has 0 radical (unpaired) electrons. The van der Waals surface area contributed by atoms with Gasteiger partial charge in [-0.15, -0.1) is 0 Å². The van der Waals surface area contributed by atoms with Crippen molar-refractivity contribution >= 4 is 40.7 Å². The Kier molecular flexibility index (Phi) is 25.5. The smallest absolute Gasteiger partial charge is 0.192 e. The van der Waals surface area contributed by atoms with Gasteiger partial charge in [-0.2, -0.15) is 0 Å². The number of hydrogen-bond acceptors (Lipinski definition) is 12. The third-order valence-electron chi connectivity index (χ3n) is 13.2. The fourth-order valence-corrected chi connectivity index (χ4v) is 8.97. The molecule has 442 valence electrons. The SMILES string of the molecule is C=C1OC(C(C)C)C(=N)N1C.C=C1OC(C(C)C)C(=N)N1C(C)(C)C.C=C1OC(C(C)C)C(=N)N1C(C)C.C=C1OC(C(C)C)C(=N)N1CC.C=C1OC(C(C)C)C(=N)N1CCC.C=C1OC(C(C)C)C(=N)N1c1ccccc1. The van der Waals surface area contributed by atoms with Crippen molar-refractivity contribution < 1.29 is 28.4 Å². The topological polar surface area (TPSA) is 218 Å². The predicted molar refractivity (Wildman–Crippen MR) is 324 cm³/mol. The van der Waals surface area contributed by atoms with Crippen LogP contribution in [0.15, 0.2) is 105 Å². The molecule has 1 aromatic rings. The molecule has 0 aromatic heterocycles. The molecule has 0 amide bonds. The second-order valence-electron chi connectivity index (χ2n) is 23.5. The second kappa shape index (κ2) is 29.5. The zero-order valence-electron chi connectivity index (χ0n) is 51.9. The summed E-state index contributed by atoms with van der Waals surface area (Å²) in [6.45, 7) is 63.2. The highest BCUT2D eigenvalue weighted by Crippen LogP contribution is 2.33. The van der Waals surface area contributed by atoms with E-state index < -0.39 is 0 Å². The van der Waals surface area contributed by atoms with E-state index in [0.29, 0.717) is 99.9 Å². The van der Waals surface area contributed by atoms with Crippen LogP contribution in [-0.4, -0.2) is 128 Å². The fourth-order valence-electron chi connectivity index (χ4n) is 8.97. The number of nitrogens with zero attached hydrogens (tertiary/aromatic N) is 6. The van der Waals surface area contributed by atoms with Crippen molar-refractivity contribution in [3.05, 3.63) is 105 Å². The molecule has 6 saturated heterocycles. The Morgan fingerprint density at radius 2 is 0.797 bits per heavy atom. The van der Waals surface area contributed by atoms with E-state index in [-0.39, 0.29) is 54.1 Å². The first-order valence-electron chi connectivity index (χ1n) is 27.9. The summed E-state index contributed by atoms with van der Waals surface area (Å²) in [5.74, 6) is 8.62. The van der Waals surface area contributed by atoms with Gasteiger partial charge in [0.05, 0.1) is 5.69 Å². The van der Waals surface area contributed by atoms with Gasteiger partial charge in [0.15, 0.2) is 71.9 Å². The van der Waals surface area contributed by atoms with Crippen LogP contribution in [0.2, 0.25) is 0 Å². The van der Waals surface area contributed by atoms with Crippen LogP contribution in [-0.2, 0) is 28.4 Å². The van der Waals surface area contributed by atoms with Crippen LogP contribution in [0.1, 0.15) is 138 Å². The van der Waals surface area contributed by atoms with E-state index in [0.717, 1.165) is 25.2 Å². The normalized spacial score (nSPS) is 22.9. The Morgan fingerprint density at radius 3 is 1.09 bits per heavy atom. The van der Waals surface area contributed by atoms with Gasteiger partial charge in [0, 0.05) is 31.7 Å². The predicted octanol–water partition coefficient (Wildman–Crippen LogP) is 13.2. The minimum atomic E-state index is -0.187. The molecule has 6 unspecified atom stereocenters. The lowest BCUT2D eigenvalue weighted by Gasteiger charge is -2.31. The number of hydrogen-bond donors (Lipinski definition) is 6. The molecule has 6 fully saturated rings. The number of rotatable bonds is 11. The number of anilines is 1. The van der Waals surface area contributed by atoms with Gasteiger partial charge in [-0.05, 0) is 135 Å². The van der Waals surface area contributed by atoms with Crippen molar-refractivity contribution in [2.45, 2.75) is 186 Å². The highest BCUT2D eigenvalue weighted by molar-refractivity contribution is 6.03. The van der Waals surface area contributed by atoms with Gasteiger partial charge < -0.3 is 33.3 Å². The Labute approximate surface area is 476 Å². The lowest BCUT2D eigenvalue weighted by atomic mass is 10.0. The first-order valence-corrected chi connectivity index (χ1v) is 27.9. The maximum atomic E-state index is 8.10. The fraction of sp³-hybridized carbons (Fsp3) is 0.607. The maximum Gasteiger partial charge on any atom is 0.192 e. The summed E-state index contributed by atoms with van der Waals surface area (Å²) in [5, 5.41) is 47.3. The van der Waals surface area contributed by atoms with Gasteiger partial charge in [0.1, 0.15) is 35.0 Å². The molecule has 0 saturated carbocycles. The maximum absolute atomic E-state index is 8.10. The van der Waals surface area contributed by atoms with E-state index in [1.54, 1.807) is 21.7 Å². The highest BCUT2D eigenvalue weighted by atomic mass is 16.5. The zero-order valence-corrected chi connectivity index (χ0v) is 51.9. The van der Waals surface area contributed by atoms with Crippen molar-refractivity contribution in [3.8, 4) is 0 Å². The molecule has 6 atom stereocenters. The molecule has 6 heterocycles. The van der Waals surface area contributed by atoms with Crippen molar-refractivity contribution in [2.75, 3.05) is 25.0 Å². The summed E-state index contributed by atoms with van der Waals surface area (Å²) in [7, 11) is 1.80. The van der Waals surface area contributed by atoms with Gasteiger partial charge in [-0.1, -0.05) is 108 Å². The molecular weight excluding hydrogens is 997 g/mol. The van der Waals surface area contributed by atoms with Crippen LogP contribution in [0.25, 0.3) is 0 Å². The minimum Gasteiger partial charge on any atom is -0.468 e. The quantitative estimate of drug-likeness (QED) is 0.122. The van der Waals surface area contributed by atoms with E-state index in [1.807, 2.05) is 107 Å². The van der Waals surface area contributed by atoms with Gasteiger partial charge in [-0.3, -0.25) is 57.0 Å². The van der Waals surface area contributed by atoms with Gasteiger partial charge in [0.25, 0.3) is 0 Å². The van der Waals surface area contributed by atoms with Crippen molar-refractivity contribution in [2.24, 2.45) is 35.5 Å². The van der Waals surface area contributed by atoms with Crippen LogP contribution in [0.4, 0.5) is 5.69 Å². The molecule has 7 rings (SSSR count). The standard InChI is InChI=1S/C13H16N2O.C11H20N2O.2C10H18N2O.C9H16N2O.C8H14N2O/c1-9(2)12-13(14)15(10(3)16-12)11-7-5-4-6-8-11;1-7(2)9-10(12)13(8(3)14-9)11(4,5)6;1-6(2)9-10(11)12(7(3)4)8(5)13-9;1-5-6-12-8(4)13-9(7(2)3)10(12)11;1-5-11-7(4)12-8(6(2)3)9(11)10;1-5(2)7-8(9)10(4)6(3)11-7/h4-9,12,14H,3H2,1-2H3;7,9,12H,3H2,1-2,4-6H3;6-7,9,11H,5H2,1-4H3;7,9,11H,4-6H2,1-3H3;6,8,10H,4-5H2,1-3H3;5,7,9H,3H2,1-2,4H3. The van der Waals surface area contributed by atoms with Crippen molar-refractivity contribution in [1.82, 2.24) is 24.5 Å². The van der Waals surface area contributed by atoms with E-state index in [1.165, 1.54) is 0 Å². The summed E-state index contributed by atoms with van der Waals surface area (Å²) in [6, 6.07) is 9.99. The number of benzene rings is 1. The average Bonchev–Trinajstić information content (AvgIpc) is 4.16. The number of para-hydroxylation sites is 1. The molecule has 1 aromatic carbocycles. The molecule has 18 nitrogen and oxygen atoms in total. The van der Waals surface area contributed by atoms with E-state index in [9.17, 15) is 0 Å². The second-order valence-corrected chi connectivity index (χ2v) is 23.5. The number of amidine groups is 6. The third kappa shape index (κ3) is 17.4. The molecule has 18 heteroatoms. The Morgan fingerprint density at radius 1 is 0.443 bits per heavy atom. The van der Waals surface area contributed by atoms with Crippen LogP contribution in [0, 0.1) is 68.0 Å². The average molecular weight is 1100 g/mol. The Bertz CT molecular complexity index is 2370. The van der Waals surface area contributed by atoms with Gasteiger partial charge in [0.2, 0.25) is 0 Å². The minimum absolute atomic E-state index is 0.0981. The highest BCUT2D eigenvalue weighted by Gasteiger charge is 2.42. The summed E-state index contributed by atoms with van der Waals surface area (Å²) in [4.78, 5) is 10.8. The molecular formula is C61H102N12O6. The first kappa shape index (κ1) is 68.4. The molecule has 6 N–H and O–H groups in total. The lowest BCUT2D eigenvalue weighted by molar-refractivity contribution is 0.119. The van der Waals surface area contributed by atoms with E-state index in [4.69, 9.17) is 60.9 Å². The lowest BCUT2D eigenvalue weighted by Crippen LogP contribution is -2.43. The van der Waals surface area contributed by atoms with Crippen LogP contribution >= 0.6 is 0 Å². The van der Waals surface area contributed by atoms with Crippen LogP contribution < -0.4 is 4.90 Å². The monoisotopic (exact) mass is 1100 g/mol. The summed E-state index contributed by atoms with van der Waals surface area (Å²) < 4.78 is 33.0. The number of likely N-dealkylation sites (N-methyl/N-ethyl adjacent to an activating group) is 2. The molecule has 79 heavy (non-hydrogen) atoms. The summed E-state index contributed by atoms with van der Waals surface area (Å²) in [5.41, 5.74) is 0.804. The van der Waals surface area contributed by atoms with Gasteiger partial charge in [-0.25, -0.2) is 0 Å².